The van der Waals surface area contributed by atoms with Crippen molar-refractivity contribution in [2.45, 2.75) is 82.9 Å². The van der Waals surface area contributed by atoms with E-state index in [4.69, 9.17) is 5.53 Å². The minimum absolute atomic E-state index is 0.0301. The third-order valence-electron chi connectivity index (χ3n) is 7.61. The Hall–Kier alpha value is -1.28. The van der Waals surface area contributed by atoms with Gasteiger partial charge in [0.15, 0.2) is 0 Å². The van der Waals surface area contributed by atoms with Crippen LogP contribution in [0.4, 0.5) is 0 Å². The van der Waals surface area contributed by atoms with Crippen molar-refractivity contribution in [3.63, 3.8) is 0 Å². The highest BCUT2D eigenvalue weighted by Gasteiger charge is 2.57. The molecule has 1 heterocycles. The van der Waals surface area contributed by atoms with Gasteiger partial charge in [0.1, 0.15) is 0 Å². The lowest BCUT2D eigenvalue weighted by Gasteiger charge is -2.59. The fourth-order valence-corrected chi connectivity index (χ4v) is 7.08. The number of hydrogen-bond acceptors (Lipinski definition) is 5. The van der Waals surface area contributed by atoms with Gasteiger partial charge in [-0.1, -0.05) is 19.0 Å². The van der Waals surface area contributed by atoms with E-state index in [1.165, 1.54) is 19.3 Å². The number of azide groups is 1. The lowest BCUT2D eigenvalue weighted by molar-refractivity contribution is -0.146. The second-order valence-corrected chi connectivity index (χ2v) is 10.1. The molecule has 28 heavy (non-hydrogen) atoms. The molecule has 1 aliphatic heterocycles. The molecule has 5 fully saturated rings. The number of rotatable bonds is 6. The summed E-state index contributed by atoms with van der Waals surface area (Å²) in [6, 6.07) is -0.557. The van der Waals surface area contributed by atoms with Crippen LogP contribution in [-0.4, -0.2) is 58.6 Å². The molecule has 8 nitrogen and oxygen atoms in total. The quantitative estimate of drug-likeness (QED) is 0.278. The maximum atomic E-state index is 13.8. The number of carbonyl (C=O) groups excluding carboxylic acids is 1. The van der Waals surface area contributed by atoms with Crippen LogP contribution in [0.3, 0.4) is 0 Å². The second-order valence-electron chi connectivity index (χ2n) is 10.1. The number of nitrogens with zero attached hydrogens (tertiary/aromatic N) is 4. The Morgan fingerprint density at radius 1 is 1.18 bits per heavy atom. The summed E-state index contributed by atoms with van der Waals surface area (Å²) in [6.07, 6.45) is 7.50. The second kappa shape index (κ2) is 7.52. The summed E-state index contributed by atoms with van der Waals surface area (Å²) >= 11 is 0. The van der Waals surface area contributed by atoms with E-state index in [1.54, 1.807) is 4.90 Å². The molecule has 0 unspecified atom stereocenters. The SMILES string of the molecule is CC(C)N[C@H](C(=O)N1C[C@@H](N=[N+]=[N-])C[C@H]1B(O)O)C12CC3CC(CC(C3)C1)C2. The largest absolute Gasteiger partial charge is 0.475 e. The van der Waals surface area contributed by atoms with Crippen molar-refractivity contribution in [3.05, 3.63) is 10.4 Å². The highest BCUT2D eigenvalue weighted by molar-refractivity contribution is 6.43. The maximum absolute atomic E-state index is 13.8. The summed E-state index contributed by atoms with van der Waals surface area (Å²) in [5.41, 5.74) is 8.75. The van der Waals surface area contributed by atoms with Crippen LogP contribution >= 0.6 is 0 Å². The van der Waals surface area contributed by atoms with Gasteiger partial charge < -0.3 is 20.3 Å². The van der Waals surface area contributed by atoms with Crippen molar-refractivity contribution in [2.24, 2.45) is 28.3 Å². The van der Waals surface area contributed by atoms with Crippen molar-refractivity contribution in [1.82, 2.24) is 10.2 Å². The Morgan fingerprint density at radius 3 is 2.21 bits per heavy atom. The Balaban J connectivity index is 1.62. The molecule has 4 saturated carbocycles. The Labute approximate surface area is 166 Å². The zero-order valence-corrected chi connectivity index (χ0v) is 16.9. The van der Waals surface area contributed by atoms with E-state index in [9.17, 15) is 14.8 Å². The predicted molar refractivity (Wildman–Crippen MR) is 106 cm³/mol. The Morgan fingerprint density at radius 2 is 1.75 bits per heavy atom. The molecule has 3 atom stereocenters. The summed E-state index contributed by atoms with van der Waals surface area (Å²) in [7, 11) is -1.63. The summed E-state index contributed by atoms with van der Waals surface area (Å²) < 4.78 is 0. The number of nitrogens with one attached hydrogen (secondary N) is 1. The van der Waals surface area contributed by atoms with Crippen LogP contribution in [-0.2, 0) is 4.79 Å². The first-order valence-electron chi connectivity index (χ1n) is 10.8. The van der Waals surface area contributed by atoms with Crippen molar-refractivity contribution in [3.8, 4) is 0 Å². The molecule has 4 bridgehead atoms. The van der Waals surface area contributed by atoms with Gasteiger partial charge in [-0.05, 0) is 73.6 Å². The van der Waals surface area contributed by atoms with Crippen LogP contribution in [0.5, 0.6) is 0 Å². The molecular weight excluding hydrogens is 357 g/mol. The molecule has 1 amide bonds. The molecule has 154 valence electrons. The van der Waals surface area contributed by atoms with E-state index in [1.807, 2.05) is 0 Å². The number of amides is 1. The molecule has 1 saturated heterocycles. The smallest absolute Gasteiger partial charge is 0.426 e. The topological polar surface area (TPSA) is 122 Å². The average molecular weight is 389 g/mol. The van der Waals surface area contributed by atoms with Crippen molar-refractivity contribution in [1.29, 1.82) is 0 Å². The number of hydrogen-bond donors (Lipinski definition) is 3. The van der Waals surface area contributed by atoms with E-state index < -0.39 is 19.1 Å². The molecule has 4 aliphatic carbocycles. The molecular formula is C19H32BN5O3. The van der Waals surface area contributed by atoms with Gasteiger partial charge >= 0.3 is 7.12 Å². The lowest BCUT2D eigenvalue weighted by atomic mass is 9.47. The minimum Gasteiger partial charge on any atom is -0.426 e. The molecule has 0 radical (unpaired) electrons. The van der Waals surface area contributed by atoms with Crippen LogP contribution in [0.25, 0.3) is 10.4 Å². The molecule has 0 aromatic carbocycles. The van der Waals surface area contributed by atoms with Gasteiger partial charge in [-0.15, -0.1) is 0 Å². The Kier molecular flexibility index (Phi) is 5.38. The normalized spacial score (nSPS) is 39.9. The Bertz CT molecular complexity index is 631. The van der Waals surface area contributed by atoms with Crippen molar-refractivity contribution < 1.29 is 14.8 Å². The zero-order chi connectivity index (χ0) is 20.1. The molecule has 0 aromatic rings. The number of likely N-dealkylation sites (tertiary alicyclic amines) is 1. The van der Waals surface area contributed by atoms with Crippen LogP contribution in [0.15, 0.2) is 5.11 Å². The first kappa shape index (κ1) is 20.0. The van der Waals surface area contributed by atoms with Crippen LogP contribution in [0.1, 0.15) is 58.8 Å². The molecule has 0 spiro atoms. The highest BCUT2D eigenvalue weighted by Crippen LogP contribution is 2.61. The van der Waals surface area contributed by atoms with E-state index in [2.05, 4.69) is 29.2 Å². The van der Waals surface area contributed by atoms with Crippen molar-refractivity contribution in [2.75, 3.05) is 6.54 Å². The van der Waals surface area contributed by atoms with E-state index in [0.717, 1.165) is 37.0 Å². The summed E-state index contributed by atoms with van der Waals surface area (Å²) in [4.78, 5) is 18.2. The molecule has 3 N–H and O–H groups in total. The monoisotopic (exact) mass is 389 g/mol. The lowest BCUT2D eigenvalue weighted by Crippen LogP contribution is -2.64. The van der Waals surface area contributed by atoms with Gasteiger partial charge in [0.25, 0.3) is 0 Å². The fraction of sp³-hybridized carbons (Fsp3) is 0.947. The standard InChI is InChI=1S/C19H32BN5O3/c1-11(2)22-17(19-7-12-3-13(8-19)5-14(4-12)9-19)18(26)25-10-15(23-24-21)6-16(25)20(27)28/h11-17,22,27-28H,3-10H2,1-2H3/t12?,13?,14?,15-,16-,17+,19?/m0/s1. The van der Waals surface area contributed by atoms with Crippen LogP contribution < -0.4 is 5.32 Å². The van der Waals surface area contributed by atoms with E-state index in [0.29, 0.717) is 6.42 Å². The molecule has 5 rings (SSSR count). The minimum atomic E-state index is -1.63. The first-order chi connectivity index (χ1) is 13.3. The van der Waals surface area contributed by atoms with Gasteiger partial charge in [0, 0.05) is 17.5 Å². The summed E-state index contributed by atoms with van der Waals surface area (Å²) in [5.74, 6) is 1.41. The number of carbonyl (C=O) groups is 1. The van der Waals surface area contributed by atoms with E-state index >= 15 is 0 Å². The van der Waals surface area contributed by atoms with Gasteiger partial charge in [-0.3, -0.25) is 4.79 Å². The third kappa shape index (κ3) is 3.54. The van der Waals surface area contributed by atoms with Crippen LogP contribution in [0, 0.1) is 23.2 Å². The van der Waals surface area contributed by atoms with Gasteiger partial charge in [-0.25, -0.2) is 0 Å². The van der Waals surface area contributed by atoms with E-state index in [-0.39, 0.29) is 30.0 Å². The van der Waals surface area contributed by atoms with Gasteiger partial charge in [0.2, 0.25) is 5.91 Å². The highest BCUT2D eigenvalue weighted by atomic mass is 16.4. The van der Waals surface area contributed by atoms with Crippen LogP contribution in [0.2, 0.25) is 0 Å². The third-order valence-corrected chi connectivity index (χ3v) is 7.61. The average Bonchev–Trinajstić information content (AvgIpc) is 3.02. The van der Waals surface area contributed by atoms with Gasteiger partial charge in [-0.2, -0.15) is 0 Å². The summed E-state index contributed by atoms with van der Waals surface area (Å²) in [5, 5.41) is 27.0. The van der Waals surface area contributed by atoms with Crippen molar-refractivity contribution >= 4 is 13.0 Å². The first-order valence-corrected chi connectivity index (χ1v) is 10.8. The molecule has 9 heteroatoms. The fourth-order valence-electron chi connectivity index (χ4n) is 7.08. The van der Waals surface area contributed by atoms with Gasteiger partial charge in [0.05, 0.1) is 18.0 Å². The predicted octanol–water partition coefficient (Wildman–Crippen LogP) is 1.86. The summed E-state index contributed by atoms with van der Waals surface area (Å²) in [6.45, 7) is 4.38. The maximum Gasteiger partial charge on any atom is 0.475 e. The molecule has 0 aromatic heterocycles. The molecule has 5 aliphatic rings. The zero-order valence-electron chi connectivity index (χ0n) is 16.9.